The van der Waals surface area contributed by atoms with Crippen molar-refractivity contribution in [2.75, 3.05) is 11.6 Å². The highest BCUT2D eigenvalue weighted by Gasteiger charge is 2.07. The number of halogens is 2. The standard InChI is InChI=1S/C14H13ClN2S.HI/c1-18-14(16)17-13-9-11(15)7-8-12(13)10-5-3-2-4-6-10;/h2-9H,1H3,(H2,16,17);1H. The second-order valence-corrected chi connectivity index (χ2v) is 4.97. The van der Waals surface area contributed by atoms with E-state index in [9.17, 15) is 0 Å². The van der Waals surface area contributed by atoms with E-state index in [1.54, 1.807) is 0 Å². The van der Waals surface area contributed by atoms with Gasteiger partial charge in [-0.1, -0.05) is 59.8 Å². The fraction of sp³-hybridized carbons (Fsp3) is 0.0714. The largest absolute Gasteiger partial charge is 0.335 e. The lowest BCUT2D eigenvalue weighted by atomic mass is 10.0. The first-order chi connectivity index (χ1) is 8.70. The van der Waals surface area contributed by atoms with E-state index in [0.717, 1.165) is 16.8 Å². The average molecular weight is 405 g/mol. The Bertz CT molecular complexity index is 561. The summed E-state index contributed by atoms with van der Waals surface area (Å²) in [5.41, 5.74) is 3.00. The molecular weight excluding hydrogens is 391 g/mol. The van der Waals surface area contributed by atoms with Crippen molar-refractivity contribution in [3.63, 3.8) is 0 Å². The molecule has 0 atom stereocenters. The summed E-state index contributed by atoms with van der Waals surface area (Å²) in [6.45, 7) is 0. The van der Waals surface area contributed by atoms with E-state index >= 15 is 0 Å². The number of anilines is 1. The van der Waals surface area contributed by atoms with Crippen molar-refractivity contribution in [1.82, 2.24) is 0 Å². The molecule has 0 amide bonds. The van der Waals surface area contributed by atoms with E-state index < -0.39 is 0 Å². The SMILES string of the molecule is CSC(=N)Nc1cc(Cl)ccc1-c1ccccc1.I. The third kappa shape index (κ3) is 4.40. The number of benzene rings is 2. The topological polar surface area (TPSA) is 35.9 Å². The van der Waals surface area contributed by atoms with Gasteiger partial charge in [0, 0.05) is 16.3 Å². The van der Waals surface area contributed by atoms with Crippen molar-refractivity contribution >= 4 is 58.2 Å². The van der Waals surface area contributed by atoms with Crippen LogP contribution in [0.5, 0.6) is 0 Å². The maximum atomic E-state index is 7.71. The van der Waals surface area contributed by atoms with Crippen molar-refractivity contribution < 1.29 is 0 Å². The maximum absolute atomic E-state index is 7.71. The normalized spacial score (nSPS) is 9.58. The Balaban J connectivity index is 0.00000180. The van der Waals surface area contributed by atoms with Crippen LogP contribution >= 0.6 is 47.3 Å². The van der Waals surface area contributed by atoms with Gasteiger partial charge in [0.15, 0.2) is 5.17 Å². The number of amidine groups is 1. The van der Waals surface area contributed by atoms with E-state index in [2.05, 4.69) is 5.32 Å². The molecular formula is C14H14ClIN2S. The quantitative estimate of drug-likeness (QED) is 0.403. The lowest BCUT2D eigenvalue weighted by Crippen LogP contribution is -2.06. The minimum absolute atomic E-state index is 0. The predicted octanol–water partition coefficient (Wildman–Crippen LogP) is 5.33. The molecule has 2 aromatic carbocycles. The molecule has 2 aromatic rings. The van der Waals surface area contributed by atoms with Gasteiger partial charge in [-0.3, -0.25) is 5.41 Å². The first-order valence-electron chi connectivity index (χ1n) is 5.45. The molecule has 0 radical (unpaired) electrons. The van der Waals surface area contributed by atoms with Crippen molar-refractivity contribution in [1.29, 1.82) is 5.41 Å². The molecule has 0 unspecified atom stereocenters. The number of hydrogen-bond acceptors (Lipinski definition) is 2. The van der Waals surface area contributed by atoms with E-state index in [-0.39, 0.29) is 24.0 Å². The van der Waals surface area contributed by atoms with Crippen LogP contribution in [0.15, 0.2) is 48.5 Å². The monoisotopic (exact) mass is 404 g/mol. The van der Waals surface area contributed by atoms with Gasteiger partial charge in [-0.05, 0) is 24.0 Å². The van der Waals surface area contributed by atoms with E-state index in [1.165, 1.54) is 11.8 Å². The van der Waals surface area contributed by atoms with Gasteiger partial charge >= 0.3 is 0 Å². The zero-order valence-corrected chi connectivity index (χ0v) is 14.2. The highest BCUT2D eigenvalue weighted by Crippen LogP contribution is 2.30. The smallest absolute Gasteiger partial charge is 0.157 e. The highest BCUT2D eigenvalue weighted by molar-refractivity contribution is 14.0. The molecule has 0 saturated heterocycles. The molecule has 2 nitrogen and oxygen atoms in total. The molecule has 0 aliphatic heterocycles. The Morgan fingerprint density at radius 2 is 1.84 bits per heavy atom. The predicted molar refractivity (Wildman–Crippen MR) is 97.2 cm³/mol. The van der Waals surface area contributed by atoms with Crippen LogP contribution in [0.4, 0.5) is 5.69 Å². The van der Waals surface area contributed by atoms with Crippen molar-refractivity contribution in [3.8, 4) is 11.1 Å². The van der Waals surface area contributed by atoms with E-state index in [1.807, 2.05) is 54.8 Å². The summed E-state index contributed by atoms with van der Waals surface area (Å²) >= 11 is 7.37. The molecule has 0 heterocycles. The molecule has 100 valence electrons. The number of rotatable bonds is 2. The second kappa shape index (κ2) is 7.77. The van der Waals surface area contributed by atoms with Gasteiger partial charge in [-0.15, -0.1) is 24.0 Å². The van der Waals surface area contributed by atoms with Crippen LogP contribution in [-0.4, -0.2) is 11.4 Å². The van der Waals surface area contributed by atoms with E-state index in [0.29, 0.717) is 10.2 Å². The molecule has 0 aliphatic carbocycles. The molecule has 0 aromatic heterocycles. The van der Waals surface area contributed by atoms with Gasteiger partial charge in [0.25, 0.3) is 0 Å². The van der Waals surface area contributed by atoms with Crippen LogP contribution < -0.4 is 5.32 Å². The zero-order chi connectivity index (χ0) is 13.0. The third-order valence-electron chi connectivity index (χ3n) is 2.52. The lowest BCUT2D eigenvalue weighted by Gasteiger charge is -2.12. The Hall–Kier alpha value is -0.720. The molecule has 0 bridgehead atoms. The Morgan fingerprint density at radius 3 is 2.47 bits per heavy atom. The van der Waals surface area contributed by atoms with Gasteiger partial charge in [-0.2, -0.15) is 0 Å². The Kier molecular flexibility index (Phi) is 6.68. The van der Waals surface area contributed by atoms with Crippen molar-refractivity contribution in [2.24, 2.45) is 0 Å². The van der Waals surface area contributed by atoms with Crippen LogP contribution in [0.1, 0.15) is 0 Å². The number of nitrogens with one attached hydrogen (secondary N) is 2. The van der Waals surface area contributed by atoms with Gasteiger partial charge in [0.2, 0.25) is 0 Å². The van der Waals surface area contributed by atoms with Gasteiger partial charge in [0.05, 0.1) is 0 Å². The third-order valence-corrected chi connectivity index (χ3v) is 3.26. The van der Waals surface area contributed by atoms with Crippen molar-refractivity contribution in [2.45, 2.75) is 0 Å². The molecule has 5 heteroatoms. The number of hydrogen-bond donors (Lipinski definition) is 2. The number of thioether (sulfide) groups is 1. The summed E-state index contributed by atoms with van der Waals surface area (Å²) in [6, 6.07) is 15.7. The molecule has 0 fully saturated rings. The maximum Gasteiger partial charge on any atom is 0.157 e. The second-order valence-electron chi connectivity index (χ2n) is 3.71. The summed E-state index contributed by atoms with van der Waals surface area (Å²) in [5, 5.41) is 11.8. The first kappa shape index (κ1) is 16.3. The fourth-order valence-electron chi connectivity index (χ4n) is 1.66. The summed E-state index contributed by atoms with van der Waals surface area (Å²) in [6.07, 6.45) is 1.86. The van der Waals surface area contributed by atoms with E-state index in [4.69, 9.17) is 17.0 Å². The first-order valence-corrected chi connectivity index (χ1v) is 7.05. The summed E-state index contributed by atoms with van der Waals surface area (Å²) in [7, 11) is 0. The molecule has 0 saturated carbocycles. The van der Waals surface area contributed by atoms with Gasteiger partial charge in [0.1, 0.15) is 0 Å². The summed E-state index contributed by atoms with van der Waals surface area (Å²) in [5.74, 6) is 0. The summed E-state index contributed by atoms with van der Waals surface area (Å²) < 4.78 is 0. The van der Waals surface area contributed by atoms with Crippen LogP contribution in [0.2, 0.25) is 5.02 Å². The van der Waals surface area contributed by atoms with Gasteiger partial charge < -0.3 is 5.32 Å². The van der Waals surface area contributed by atoms with Crippen LogP contribution in [-0.2, 0) is 0 Å². The van der Waals surface area contributed by atoms with Crippen LogP contribution in [0.3, 0.4) is 0 Å². The Morgan fingerprint density at radius 1 is 1.16 bits per heavy atom. The molecule has 0 aliphatic rings. The minimum Gasteiger partial charge on any atom is -0.335 e. The highest BCUT2D eigenvalue weighted by atomic mass is 127. The van der Waals surface area contributed by atoms with Crippen molar-refractivity contribution in [3.05, 3.63) is 53.6 Å². The molecule has 19 heavy (non-hydrogen) atoms. The van der Waals surface area contributed by atoms with Crippen LogP contribution in [0.25, 0.3) is 11.1 Å². The lowest BCUT2D eigenvalue weighted by molar-refractivity contribution is 1.51. The zero-order valence-electron chi connectivity index (χ0n) is 10.3. The van der Waals surface area contributed by atoms with Gasteiger partial charge in [-0.25, -0.2) is 0 Å². The van der Waals surface area contributed by atoms with Crippen LogP contribution in [0, 0.1) is 5.41 Å². The molecule has 2 rings (SSSR count). The molecule has 2 N–H and O–H groups in total. The minimum atomic E-state index is 0. The average Bonchev–Trinajstić information content (AvgIpc) is 2.40. The summed E-state index contributed by atoms with van der Waals surface area (Å²) in [4.78, 5) is 0. The Labute approximate surface area is 139 Å². The molecule has 0 spiro atoms. The fourth-order valence-corrected chi connectivity index (χ4v) is 2.05.